The summed E-state index contributed by atoms with van der Waals surface area (Å²) in [6.45, 7) is 5.10. The molecule has 1 aliphatic rings. The highest BCUT2D eigenvalue weighted by molar-refractivity contribution is 6.04. The SMILES string of the molecule is CC(C)c1nnc([C@H](C)NC(=O)CN2C(=O)CNC2=O)o1. The van der Waals surface area contributed by atoms with Crippen LogP contribution in [0.2, 0.25) is 0 Å². The number of rotatable bonds is 5. The first kappa shape index (κ1) is 14.9. The smallest absolute Gasteiger partial charge is 0.325 e. The Hall–Kier alpha value is -2.45. The largest absolute Gasteiger partial charge is 0.423 e. The number of amides is 4. The van der Waals surface area contributed by atoms with E-state index in [2.05, 4.69) is 20.8 Å². The summed E-state index contributed by atoms with van der Waals surface area (Å²) in [5.41, 5.74) is 0. The number of hydrogen-bond acceptors (Lipinski definition) is 6. The van der Waals surface area contributed by atoms with Crippen molar-refractivity contribution in [1.82, 2.24) is 25.7 Å². The van der Waals surface area contributed by atoms with Gasteiger partial charge < -0.3 is 15.1 Å². The van der Waals surface area contributed by atoms with E-state index < -0.39 is 23.9 Å². The highest BCUT2D eigenvalue weighted by Gasteiger charge is 2.30. The van der Waals surface area contributed by atoms with Crippen molar-refractivity contribution in [1.29, 1.82) is 0 Å². The van der Waals surface area contributed by atoms with Crippen LogP contribution in [0.5, 0.6) is 0 Å². The maximum absolute atomic E-state index is 11.8. The molecular formula is C12H17N5O4. The molecule has 9 nitrogen and oxygen atoms in total. The molecule has 2 rings (SSSR count). The summed E-state index contributed by atoms with van der Waals surface area (Å²) >= 11 is 0. The van der Waals surface area contributed by atoms with Crippen LogP contribution in [0.4, 0.5) is 4.79 Å². The summed E-state index contributed by atoms with van der Waals surface area (Å²) in [7, 11) is 0. The van der Waals surface area contributed by atoms with Crippen LogP contribution in [0.25, 0.3) is 0 Å². The van der Waals surface area contributed by atoms with Gasteiger partial charge in [-0.25, -0.2) is 4.79 Å². The first-order chi connectivity index (χ1) is 9.88. The standard InChI is InChI=1S/C12H17N5O4/c1-6(2)10-15-16-11(21-10)7(3)14-8(18)5-17-9(19)4-13-12(17)20/h6-7H,4-5H2,1-3H3,(H,13,20)(H,14,18)/t7-/m0/s1. The van der Waals surface area contributed by atoms with Gasteiger partial charge in [0, 0.05) is 5.92 Å². The van der Waals surface area contributed by atoms with Gasteiger partial charge in [0.2, 0.25) is 17.7 Å². The average molecular weight is 295 g/mol. The molecule has 9 heteroatoms. The predicted octanol–water partition coefficient (Wildman–Crippen LogP) is -0.0780. The van der Waals surface area contributed by atoms with Gasteiger partial charge >= 0.3 is 6.03 Å². The van der Waals surface area contributed by atoms with Crippen LogP contribution in [0.15, 0.2) is 4.42 Å². The fourth-order valence-electron chi connectivity index (χ4n) is 1.76. The molecule has 0 aromatic carbocycles. The molecule has 2 heterocycles. The summed E-state index contributed by atoms with van der Waals surface area (Å²) < 4.78 is 5.42. The minimum Gasteiger partial charge on any atom is -0.423 e. The van der Waals surface area contributed by atoms with Crippen LogP contribution in [-0.4, -0.2) is 46.0 Å². The van der Waals surface area contributed by atoms with Gasteiger partial charge in [0.1, 0.15) is 12.6 Å². The molecule has 1 aliphatic heterocycles. The third-order valence-electron chi connectivity index (χ3n) is 2.94. The van der Waals surface area contributed by atoms with Gasteiger partial charge in [0.15, 0.2) is 0 Å². The zero-order valence-corrected chi connectivity index (χ0v) is 12.0. The van der Waals surface area contributed by atoms with Crippen molar-refractivity contribution in [3.63, 3.8) is 0 Å². The van der Waals surface area contributed by atoms with E-state index in [0.29, 0.717) is 5.89 Å². The maximum atomic E-state index is 11.8. The van der Waals surface area contributed by atoms with Crippen LogP contribution in [0, 0.1) is 0 Å². The molecule has 0 bridgehead atoms. The maximum Gasteiger partial charge on any atom is 0.325 e. The monoisotopic (exact) mass is 295 g/mol. The second-order valence-corrected chi connectivity index (χ2v) is 5.06. The lowest BCUT2D eigenvalue weighted by Crippen LogP contribution is -2.41. The number of imide groups is 1. The van der Waals surface area contributed by atoms with Crippen molar-refractivity contribution in [3.05, 3.63) is 11.8 Å². The van der Waals surface area contributed by atoms with Gasteiger partial charge in [-0.3, -0.25) is 14.5 Å². The molecule has 1 aromatic rings. The lowest BCUT2D eigenvalue weighted by atomic mass is 10.2. The Morgan fingerprint density at radius 2 is 2.00 bits per heavy atom. The molecule has 2 N–H and O–H groups in total. The summed E-state index contributed by atoms with van der Waals surface area (Å²) in [4.78, 5) is 35.4. The molecule has 0 radical (unpaired) electrons. The summed E-state index contributed by atoms with van der Waals surface area (Å²) in [5.74, 6) is -0.0376. The molecule has 0 unspecified atom stereocenters. The average Bonchev–Trinajstić information content (AvgIpc) is 3.01. The molecule has 21 heavy (non-hydrogen) atoms. The van der Waals surface area contributed by atoms with Gasteiger partial charge in [0.25, 0.3) is 5.91 Å². The van der Waals surface area contributed by atoms with Crippen LogP contribution in [0.1, 0.15) is 44.5 Å². The Morgan fingerprint density at radius 1 is 1.33 bits per heavy atom. The van der Waals surface area contributed by atoms with E-state index in [-0.39, 0.29) is 24.9 Å². The molecule has 1 aromatic heterocycles. The van der Waals surface area contributed by atoms with Crippen molar-refractivity contribution in [2.24, 2.45) is 0 Å². The predicted molar refractivity (Wildman–Crippen MR) is 70.1 cm³/mol. The fraction of sp³-hybridized carbons (Fsp3) is 0.583. The van der Waals surface area contributed by atoms with Gasteiger partial charge in [0.05, 0.1) is 6.54 Å². The normalized spacial score (nSPS) is 16.3. The molecule has 0 aliphatic carbocycles. The minimum absolute atomic E-state index is 0.0803. The Bertz CT molecular complexity index is 552. The van der Waals surface area contributed by atoms with Crippen molar-refractivity contribution < 1.29 is 18.8 Å². The van der Waals surface area contributed by atoms with Crippen LogP contribution < -0.4 is 10.6 Å². The lowest BCUT2D eigenvalue weighted by molar-refractivity contribution is -0.130. The molecule has 4 amide bonds. The summed E-state index contributed by atoms with van der Waals surface area (Å²) in [6, 6.07) is -1.07. The number of nitrogens with one attached hydrogen (secondary N) is 2. The second kappa shape index (κ2) is 5.90. The number of hydrogen-bond donors (Lipinski definition) is 2. The molecule has 0 spiro atoms. The van der Waals surface area contributed by atoms with Crippen LogP contribution >= 0.6 is 0 Å². The van der Waals surface area contributed by atoms with E-state index >= 15 is 0 Å². The Labute approximate surface area is 121 Å². The second-order valence-electron chi connectivity index (χ2n) is 5.06. The minimum atomic E-state index is -0.567. The van der Waals surface area contributed by atoms with Crippen molar-refractivity contribution in [2.75, 3.05) is 13.1 Å². The van der Waals surface area contributed by atoms with Gasteiger partial charge in [-0.2, -0.15) is 0 Å². The zero-order chi connectivity index (χ0) is 15.6. The number of urea groups is 1. The zero-order valence-electron chi connectivity index (χ0n) is 12.0. The number of carbonyl (C=O) groups is 3. The van der Waals surface area contributed by atoms with Gasteiger partial charge in [-0.1, -0.05) is 13.8 Å². The number of carbonyl (C=O) groups excluding carboxylic acids is 3. The van der Waals surface area contributed by atoms with E-state index in [1.54, 1.807) is 6.92 Å². The molecular weight excluding hydrogens is 278 g/mol. The fourth-order valence-corrected chi connectivity index (χ4v) is 1.76. The van der Waals surface area contributed by atoms with E-state index in [1.807, 2.05) is 13.8 Å². The van der Waals surface area contributed by atoms with Gasteiger partial charge in [-0.15, -0.1) is 10.2 Å². The van der Waals surface area contributed by atoms with Crippen LogP contribution in [0.3, 0.4) is 0 Å². The molecule has 1 atom stereocenters. The van der Waals surface area contributed by atoms with Crippen LogP contribution in [-0.2, 0) is 9.59 Å². The third-order valence-corrected chi connectivity index (χ3v) is 2.94. The van der Waals surface area contributed by atoms with Crippen molar-refractivity contribution in [3.8, 4) is 0 Å². The number of nitrogens with zero attached hydrogens (tertiary/aromatic N) is 3. The number of aromatic nitrogens is 2. The third kappa shape index (κ3) is 3.36. The molecule has 1 saturated heterocycles. The first-order valence-electron chi connectivity index (χ1n) is 6.59. The van der Waals surface area contributed by atoms with E-state index in [1.165, 1.54) is 0 Å². The highest BCUT2D eigenvalue weighted by Crippen LogP contribution is 2.16. The molecule has 1 fully saturated rings. The van der Waals surface area contributed by atoms with Crippen molar-refractivity contribution in [2.45, 2.75) is 32.7 Å². The molecule has 0 saturated carbocycles. The van der Waals surface area contributed by atoms with E-state index in [0.717, 1.165) is 4.90 Å². The lowest BCUT2D eigenvalue weighted by Gasteiger charge is -2.14. The summed E-state index contributed by atoms with van der Waals surface area (Å²) in [5, 5.41) is 12.7. The first-order valence-corrected chi connectivity index (χ1v) is 6.59. The Balaban J connectivity index is 1.92. The van der Waals surface area contributed by atoms with E-state index in [9.17, 15) is 14.4 Å². The van der Waals surface area contributed by atoms with Crippen molar-refractivity contribution >= 4 is 17.8 Å². The molecule has 114 valence electrons. The van der Waals surface area contributed by atoms with E-state index in [4.69, 9.17) is 4.42 Å². The quantitative estimate of drug-likeness (QED) is 0.734. The Kier molecular flexibility index (Phi) is 4.20. The topological polar surface area (TPSA) is 117 Å². The van der Waals surface area contributed by atoms with Gasteiger partial charge in [-0.05, 0) is 6.92 Å². The Morgan fingerprint density at radius 3 is 2.52 bits per heavy atom. The highest BCUT2D eigenvalue weighted by atomic mass is 16.4. The summed E-state index contributed by atoms with van der Waals surface area (Å²) in [6.07, 6.45) is 0.